The summed E-state index contributed by atoms with van der Waals surface area (Å²) in [5, 5.41) is 4.76. The molecule has 10 heteroatoms. The van der Waals surface area contributed by atoms with Crippen LogP contribution in [0.1, 0.15) is 11.3 Å². The number of nitrogens with zero attached hydrogens (tertiary/aromatic N) is 3. The fraction of sp³-hybridized carbons (Fsp3) is 0.200. The van der Waals surface area contributed by atoms with Crippen LogP contribution < -0.4 is 10.1 Å². The van der Waals surface area contributed by atoms with Crippen molar-refractivity contribution in [2.24, 2.45) is 0 Å². The number of benzene rings is 3. The summed E-state index contributed by atoms with van der Waals surface area (Å²) in [6, 6.07) is 25.6. The van der Waals surface area contributed by atoms with E-state index >= 15 is 0 Å². The molecule has 1 saturated heterocycles. The fourth-order valence-corrected chi connectivity index (χ4v) is 5.91. The minimum Gasteiger partial charge on any atom is -0.487 e. The van der Waals surface area contributed by atoms with Crippen molar-refractivity contribution in [2.75, 3.05) is 29.9 Å². The molecule has 206 valence electrons. The van der Waals surface area contributed by atoms with Gasteiger partial charge in [0.1, 0.15) is 36.0 Å². The zero-order valence-corrected chi connectivity index (χ0v) is 24.0. The second-order valence-electron chi connectivity index (χ2n) is 9.39. The SMILES string of the molecule is Cl.O=S1CCN(Cc2ccc(-c3ccc4ncnc(Nc5ccc(OCc6ccccc6)c(Cl)c5)c4c3)o2)CC1. The van der Waals surface area contributed by atoms with Gasteiger partial charge in [0.15, 0.2) is 0 Å². The first-order valence-electron chi connectivity index (χ1n) is 12.8. The van der Waals surface area contributed by atoms with Crippen LogP contribution in [0.15, 0.2) is 89.6 Å². The molecule has 7 nitrogen and oxygen atoms in total. The molecule has 0 saturated carbocycles. The number of anilines is 2. The molecule has 1 aliphatic heterocycles. The predicted molar refractivity (Wildman–Crippen MR) is 163 cm³/mol. The summed E-state index contributed by atoms with van der Waals surface area (Å²) in [4.78, 5) is 11.2. The van der Waals surface area contributed by atoms with Crippen LogP contribution in [0.5, 0.6) is 5.75 Å². The van der Waals surface area contributed by atoms with Crippen LogP contribution in [0.4, 0.5) is 11.5 Å². The Morgan fingerprint density at radius 2 is 1.80 bits per heavy atom. The van der Waals surface area contributed by atoms with Gasteiger partial charge in [-0.1, -0.05) is 41.9 Å². The van der Waals surface area contributed by atoms with E-state index in [-0.39, 0.29) is 12.4 Å². The Hall–Kier alpha value is -3.43. The van der Waals surface area contributed by atoms with Crippen LogP contribution in [0.3, 0.4) is 0 Å². The zero-order valence-electron chi connectivity index (χ0n) is 21.6. The quantitative estimate of drug-likeness (QED) is 0.210. The van der Waals surface area contributed by atoms with Gasteiger partial charge in [0, 0.05) is 52.0 Å². The van der Waals surface area contributed by atoms with Crippen LogP contribution in [0.25, 0.3) is 22.2 Å². The van der Waals surface area contributed by atoms with E-state index in [1.807, 2.05) is 78.9 Å². The fourth-order valence-electron chi connectivity index (χ4n) is 4.55. The summed E-state index contributed by atoms with van der Waals surface area (Å²) in [5.74, 6) is 4.41. The van der Waals surface area contributed by atoms with E-state index in [1.54, 1.807) is 6.33 Å². The Bertz CT molecular complexity index is 1620. The number of furan rings is 1. The van der Waals surface area contributed by atoms with Gasteiger partial charge >= 0.3 is 0 Å². The van der Waals surface area contributed by atoms with Gasteiger partial charge in [-0.25, -0.2) is 9.97 Å². The van der Waals surface area contributed by atoms with Gasteiger partial charge in [0.05, 0.1) is 17.1 Å². The van der Waals surface area contributed by atoms with Gasteiger partial charge in [0.2, 0.25) is 0 Å². The number of hydrogen-bond donors (Lipinski definition) is 1. The van der Waals surface area contributed by atoms with Crippen molar-refractivity contribution in [3.8, 4) is 17.1 Å². The molecule has 5 aromatic rings. The Morgan fingerprint density at radius 3 is 2.60 bits per heavy atom. The molecule has 0 radical (unpaired) electrons. The molecule has 0 aliphatic carbocycles. The lowest BCUT2D eigenvalue weighted by Crippen LogP contribution is -2.37. The molecule has 1 aliphatic rings. The molecule has 0 amide bonds. The lowest BCUT2D eigenvalue weighted by atomic mass is 10.1. The maximum absolute atomic E-state index is 11.6. The smallest absolute Gasteiger partial charge is 0.141 e. The number of nitrogens with one attached hydrogen (secondary N) is 1. The van der Waals surface area contributed by atoms with E-state index < -0.39 is 10.8 Å². The number of rotatable bonds is 8. The Morgan fingerprint density at radius 1 is 0.975 bits per heavy atom. The standard InChI is InChI=1S/C30H27ClN4O3S.ClH/c31-26-17-23(7-10-29(26)37-19-21-4-2-1-3-5-21)34-30-25-16-22(6-9-27(25)32-20-33-30)28-11-8-24(38-28)18-35-12-14-39(36)15-13-35;/h1-11,16-17,20H,12-15,18-19H2,(H,32,33,34);1H. The zero-order chi connectivity index (χ0) is 26.6. The highest BCUT2D eigenvalue weighted by Crippen LogP contribution is 2.33. The molecule has 0 unspecified atom stereocenters. The maximum atomic E-state index is 11.6. The van der Waals surface area contributed by atoms with Gasteiger partial charge in [-0.15, -0.1) is 12.4 Å². The van der Waals surface area contributed by atoms with E-state index in [0.717, 1.165) is 63.8 Å². The number of fused-ring (bicyclic) bond motifs is 1. The lowest BCUT2D eigenvalue weighted by Gasteiger charge is -2.24. The number of ether oxygens (including phenoxy) is 1. The summed E-state index contributed by atoms with van der Waals surface area (Å²) in [5.41, 5.74) is 3.62. The minimum absolute atomic E-state index is 0. The monoisotopic (exact) mass is 594 g/mol. The Kier molecular flexibility index (Phi) is 9.01. The third-order valence-corrected chi connectivity index (χ3v) is 8.23. The highest BCUT2D eigenvalue weighted by Gasteiger charge is 2.17. The highest BCUT2D eigenvalue weighted by atomic mass is 35.5. The van der Waals surface area contributed by atoms with Gasteiger partial charge in [-0.2, -0.15) is 0 Å². The molecule has 3 aromatic carbocycles. The number of halogens is 2. The summed E-state index contributed by atoms with van der Waals surface area (Å²) < 4.78 is 23.7. The third-order valence-electron chi connectivity index (χ3n) is 6.66. The first-order chi connectivity index (χ1) is 19.1. The van der Waals surface area contributed by atoms with Crippen LogP contribution >= 0.6 is 24.0 Å². The lowest BCUT2D eigenvalue weighted by molar-refractivity contribution is 0.266. The van der Waals surface area contributed by atoms with E-state index in [0.29, 0.717) is 29.7 Å². The summed E-state index contributed by atoms with van der Waals surface area (Å²) in [6.45, 7) is 2.82. The number of hydrogen-bond acceptors (Lipinski definition) is 7. The van der Waals surface area contributed by atoms with Gasteiger partial charge < -0.3 is 14.5 Å². The molecule has 0 atom stereocenters. The first kappa shape index (κ1) is 28.1. The molecular weight excluding hydrogens is 567 g/mol. The van der Waals surface area contributed by atoms with E-state index in [4.69, 9.17) is 20.8 Å². The Balaban J connectivity index is 0.00000323. The van der Waals surface area contributed by atoms with Gasteiger partial charge in [-0.3, -0.25) is 9.11 Å². The number of aromatic nitrogens is 2. The van der Waals surface area contributed by atoms with Gasteiger partial charge in [-0.05, 0) is 54.1 Å². The molecule has 0 bridgehead atoms. The third kappa shape index (κ3) is 6.64. The van der Waals surface area contributed by atoms with E-state index in [2.05, 4.69) is 20.2 Å². The van der Waals surface area contributed by atoms with Crippen molar-refractivity contribution in [1.82, 2.24) is 14.9 Å². The van der Waals surface area contributed by atoms with Crippen molar-refractivity contribution >= 4 is 57.2 Å². The molecule has 1 N–H and O–H groups in total. The first-order valence-corrected chi connectivity index (χ1v) is 14.6. The average molecular weight is 596 g/mol. The molecule has 3 heterocycles. The van der Waals surface area contributed by atoms with Crippen LogP contribution in [0.2, 0.25) is 5.02 Å². The van der Waals surface area contributed by atoms with Crippen molar-refractivity contribution < 1.29 is 13.4 Å². The summed E-state index contributed by atoms with van der Waals surface area (Å²) in [6.07, 6.45) is 1.54. The van der Waals surface area contributed by atoms with Gasteiger partial charge in [0.25, 0.3) is 0 Å². The molecule has 2 aromatic heterocycles. The maximum Gasteiger partial charge on any atom is 0.141 e. The topological polar surface area (TPSA) is 80.5 Å². The second-order valence-corrected chi connectivity index (χ2v) is 11.5. The molecular formula is C30H28Cl2N4O3S. The molecule has 0 spiro atoms. The van der Waals surface area contributed by atoms with Crippen LogP contribution in [0, 0.1) is 0 Å². The molecule has 1 fully saturated rings. The largest absolute Gasteiger partial charge is 0.487 e. The van der Waals surface area contributed by atoms with Crippen molar-refractivity contribution in [1.29, 1.82) is 0 Å². The molecule has 40 heavy (non-hydrogen) atoms. The second kappa shape index (κ2) is 12.8. The Labute approximate surface area is 246 Å². The normalized spacial score (nSPS) is 14.1. The van der Waals surface area contributed by atoms with Crippen molar-refractivity contribution in [3.63, 3.8) is 0 Å². The van der Waals surface area contributed by atoms with E-state index in [9.17, 15) is 4.21 Å². The highest BCUT2D eigenvalue weighted by molar-refractivity contribution is 7.85. The minimum atomic E-state index is -0.689. The van der Waals surface area contributed by atoms with E-state index in [1.165, 1.54) is 0 Å². The summed E-state index contributed by atoms with van der Waals surface area (Å²) in [7, 11) is -0.689. The van der Waals surface area contributed by atoms with Crippen LogP contribution in [-0.4, -0.2) is 43.7 Å². The predicted octanol–water partition coefficient (Wildman–Crippen LogP) is 6.85. The average Bonchev–Trinajstić information content (AvgIpc) is 3.43. The van der Waals surface area contributed by atoms with Crippen LogP contribution in [-0.2, 0) is 24.0 Å². The summed E-state index contributed by atoms with van der Waals surface area (Å²) >= 11 is 6.54. The van der Waals surface area contributed by atoms with Crippen molar-refractivity contribution in [3.05, 3.63) is 102 Å². The molecule has 6 rings (SSSR count). The van der Waals surface area contributed by atoms with Crippen molar-refractivity contribution in [2.45, 2.75) is 13.2 Å².